The predicted molar refractivity (Wildman–Crippen MR) is 123 cm³/mol. The summed E-state index contributed by atoms with van der Waals surface area (Å²) in [5.74, 6) is -0.0843. The summed E-state index contributed by atoms with van der Waals surface area (Å²) < 4.78 is 1.12. The Balaban J connectivity index is 1.32. The molecule has 0 radical (unpaired) electrons. The zero-order valence-electron chi connectivity index (χ0n) is 15.3. The van der Waals surface area contributed by atoms with Gasteiger partial charge in [-0.15, -0.1) is 22.7 Å². The zero-order valence-corrected chi connectivity index (χ0v) is 17.0. The third kappa shape index (κ3) is 3.70. The third-order valence-corrected chi connectivity index (χ3v) is 6.62. The number of carbonyl (C=O) groups excluding carboxylic acids is 1. The lowest BCUT2D eigenvalue weighted by Gasteiger charge is -2.04. The van der Waals surface area contributed by atoms with Gasteiger partial charge in [-0.2, -0.15) is 0 Å². The second-order valence-electron chi connectivity index (χ2n) is 6.58. The molecule has 0 aliphatic heterocycles. The second kappa shape index (κ2) is 7.62. The summed E-state index contributed by atoms with van der Waals surface area (Å²) in [7, 11) is 0. The van der Waals surface area contributed by atoms with Gasteiger partial charge in [-0.1, -0.05) is 60.7 Å². The number of amides is 1. The SMILES string of the molecule is O=C(Nc1ccc(-c2csc(-c3ccccc3)n2)cc1)c1cc2ccccc2s1. The van der Waals surface area contributed by atoms with Gasteiger partial charge in [-0.3, -0.25) is 4.79 Å². The van der Waals surface area contributed by atoms with Crippen LogP contribution in [0.4, 0.5) is 5.69 Å². The maximum atomic E-state index is 12.6. The first kappa shape index (κ1) is 17.8. The summed E-state index contributed by atoms with van der Waals surface area (Å²) in [5.41, 5.74) is 3.87. The van der Waals surface area contributed by atoms with Crippen molar-refractivity contribution >= 4 is 44.4 Å². The van der Waals surface area contributed by atoms with Crippen molar-refractivity contribution in [2.24, 2.45) is 0 Å². The summed E-state index contributed by atoms with van der Waals surface area (Å²) in [4.78, 5) is 18.0. The average Bonchev–Trinajstić information content (AvgIpc) is 3.42. The highest BCUT2D eigenvalue weighted by Gasteiger charge is 2.11. The quantitative estimate of drug-likeness (QED) is 0.347. The summed E-state index contributed by atoms with van der Waals surface area (Å²) in [5, 5.41) is 7.14. The molecule has 0 fully saturated rings. The highest BCUT2D eigenvalue weighted by atomic mass is 32.1. The number of carbonyl (C=O) groups is 1. The second-order valence-corrected chi connectivity index (χ2v) is 8.53. The van der Waals surface area contributed by atoms with Crippen molar-refractivity contribution in [2.45, 2.75) is 0 Å². The van der Waals surface area contributed by atoms with Crippen LogP contribution in [-0.2, 0) is 0 Å². The van der Waals surface area contributed by atoms with Gasteiger partial charge in [0.2, 0.25) is 0 Å². The fourth-order valence-electron chi connectivity index (χ4n) is 3.13. The number of aromatic nitrogens is 1. The van der Waals surface area contributed by atoms with E-state index in [9.17, 15) is 4.79 Å². The minimum atomic E-state index is -0.0843. The van der Waals surface area contributed by atoms with Crippen molar-refractivity contribution in [3.05, 3.63) is 95.2 Å². The standard InChI is InChI=1S/C24H16N2OS2/c27-23(22-14-18-8-4-5-9-21(18)29-22)25-19-12-10-16(11-13-19)20-15-28-24(26-20)17-6-2-1-3-7-17/h1-15H,(H,25,27). The van der Waals surface area contributed by atoms with Crippen LogP contribution in [0, 0.1) is 0 Å². The van der Waals surface area contributed by atoms with Gasteiger partial charge in [0.05, 0.1) is 10.6 Å². The number of hydrogen-bond donors (Lipinski definition) is 1. The first-order valence-corrected chi connectivity index (χ1v) is 10.9. The van der Waals surface area contributed by atoms with E-state index < -0.39 is 0 Å². The molecule has 0 spiro atoms. The molecule has 3 nitrogen and oxygen atoms in total. The van der Waals surface area contributed by atoms with Crippen molar-refractivity contribution in [3.63, 3.8) is 0 Å². The Kier molecular flexibility index (Phi) is 4.68. The monoisotopic (exact) mass is 412 g/mol. The van der Waals surface area contributed by atoms with Crippen LogP contribution in [0.3, 0.4) is 0 Å². The Labute approximate surface area is 176 Å². The number of benzene rings is 3. The van der Waals surface area contributed by atoms with Gasteiger partial charge in [0, 0.05) is 26.9 Å². The molecule has 0 saturated heterocycles. The number of anilines is 1. The minimum absolute atomic E-state index is 0.0843. The van der Waals surface area contributed by atoms with Gasteiger partial charge in [-0.05, 0) is 29.7 Å². The lowest BCUT2D eigenvalue weighted by atomic mass is 10.1. The molecule has 0 atom stereocenters. The fourth-order valence-corrected chi connectivity index (χ4v) is 4.92. The van der Waals surface area contributed by atoms with Crippen molar-refractivity contribution in [2.75, 3.05) is 5.32 Å². The van der Waals surface area contributed by atoms with Crippen LogP contribution in [0.1, 0.15) is 9.67 Å². The summed E-state index contributed by atoms with van der Waals surface area (Å²) in [6, 6.07) is 27.9. The number of rotatable bonds is 4. The molecule has 29 heavy (non-hydrogen) atoms. The van der Waals surface area contributed by atoms with E-state index in [1.807, 2.05) is 72.8 Å². The Hall–Kier alpha value is -3.28. The van der Waals surface area contributed by atoms with Gasteiger partial charge in [0.1, 0.15) is 5.01 Å². The lowest BCUT2D eigenvalue weighted by molar-refractivity contribution is 0.103. The fraction of sp³-hybridized carbons (Fsp3) is 0. The van der Waals surface area contributed by atoms with E-state index in [2.05, 4.69) is 22.8 Å². The molecular weight excluding hydrogens is 396 g/mol. The van der Waals surface area contributed by atoms with Crippen LogP contribution in [0.5, 0.6) is 0 Å². The molecule has 5 heteroatoms. The zero-order chi connectivity index (χ0) is 19.6. The first-order valence-electron chi connectivity index (χ1n) is 9.17. The Morgan fingerprint density at radius 1 is 0.828 bits per heavy atom. The highest BCUT2D eigenvalue weighted by molar-refractivity contribution is 7.20. The molecule has 0 aliphatic carbocycles. The molecule has 0 aliphatic rings. The van der Waals surface area contributed by atoms with E-state index in [1.54, 1.807) is 11.3 Å². The van der Waals surface area contributed by atoms with E-state index >= 15 is 0 Å². The summed E-state index contributed by atoms with van der Waals surface area (Å²) in [6.45, 7) is 0. The third-order valence-electron chi connectivity index (χ3n) is 4.61. The van der Waals surface area contributed by atoms with Crippen LogP contribution in [0.2, 0.25) is 0 Å². The Morgan fingerprint density at radius 2 is 1.59 bits per heavy atom. The van der Waals surface area contributed by atoms with Crippen molar-refractivity contribution in [1.82, 2.24) is 4.98 Å². The predicted octanol–water partition coefficient (Wildman–Crippen LogP) is 6.94. The van der Waals surface area contributed by atoms with Gasteiger partial charge in [-0.25, -0.2) is 4.98 Å². The molecule has 5 rings (SSSR count). The molecule has 0 bridgehead atoms. The number of thiazole rings is 1. The van der Waals surface area contributed by atoms with Gasteiger partial charge < -0.3 is 5.32 Å². The van der Waals surface area contributed by atoms with Crippen molar-refractivity contribution in [3.8, 4) is 21.8 Å². The Bertz CT molecular complexity index is 1250. The maximum absolute atomic E-state index is 12.6. The first-order chi connectivity index (χ1) is 14.3. The molecule has 0 unspecified atom stereocenters. The minimum Gasteiger partial charge on any atom is -0.321 e. The molecule has 5 aromatic rings. The normalized spacial score (nSPS) is 10.9. The summed E-state index contributed by atoms with van der Waals surface area (Å²) in [6.07, 6.45) is 0. The van der Waals surface area contributed by atoms with Gasteiger partial charge in [0.15, 0.2) is 0 Å². The number of nitrogens with one attached hydrogen (secondary N) is 1. The molecular formula is C24H16N2OS2. The molecule has 2 heterocycles. The molecule has 2 aromatic heterocycles. The largest absolute Gasteiger partial charge is 0.321 e. The van der Waals surface area contributed by atoms with Crippen molar-refractivity contribution in [1.29, 1.82) is 0 Å². The molecule has 1 amide bonds. The van der Waals surface area contributed by atoms with Gasteiger partial charge in [0.25, 0.3) is 5.91 Å². The number of fused-ring (bicyclic) bond motifs is 1. The van der Waals surface area contributed by atoms with E-state index in [0.717, 1.165) is 37.6 Å². The number of hydrogen-bond acceptors (Lipinski definition) is 4. The average molecular weight is 413 g/mol. The Morgan fingerprint density at radius 3 is 2.38 bits per heavy atom. The van der Waals surface area contributed by atoms with Crippen LogP contribution in [0.25, 0.3) is 31.9 Å². The van der Waals surface area contributed by atoms with E-state index in [0.29, 0.717) is 4.88 Å². The lowest BCUT2D eigenvalue weighted by Crippen LogP contribution is -2.09. The van der Waals surface area contributed by atoms with Crippen LogP contribution < -0.4 is 5.32 Å². The maximum Gasteiger partial charge on any atom is 0.265 e. The van der Waals surface area contributed by atoms with E-state index in [-0.39, 0.29) is 5.91 Å². The number of nitrogens with zero attached hydrogens (tertiary/aromatic N) is 1. The molecule has 140 valence electrons. The van der Waals surface area contributed by atoms with Crippen LogP contribution in [0.15, 0.2) is 90.3 Å². The highest BCUT2D eigenvalue weighted by Crippen LogP contribution is 2.30. The number of thiophene rings is 1. The molecule has 3 aromatic carbocycles. The van der Waals surface area contributed by atoms with Crippen LogP contribution in [-0.4, -0.2) is 10.9 Å². The van der Waals surface area contributed by atoms with E-state index in [1.165, 1.54) is 11.3 Å². The molecule has 1 N–H and O–H groups in total. The summed E-state index contributed by atoms with van der Waals surface area (Å²) >= 11 is 3.14. The smallest absolute Gasteiger partial charge is 0.265 e. The van der Waals surface area contributed by atoms with Gasteiger partial charge >= 0.3 is 0 Å². The van der Waals surface area contributed by atoms with Crippen LogP contribution >= 0.6 is 22.7 Å². The van der Waals surface area contributed by atoms with E-state index in [4.69, 9.17) is 4.98 Å². The molecule has 0 saturated carbocycles. The van der Waals surface area contributed by atoms with Crippen molar-refractivity contribution < 1.29 is 4.79 Å². The topological polar surface area (TPSA) is 42.0 Å².